The largest absolute Gasteiger partial charge is 0.462 e. The smallest absolute Gasteiger partial charge is 0.333 e. The topological polar surface area (TPSA) is 26.3 Å². The fraction of sp³-hybridized carbons (Fsp3) is 0.903. The molecule has 0 saturated heterocycles. The minimum absolute atomic E-state index is 0.287. The summed E-state index contributed by atoms with van der Waals surface area (Å²) >= 11 is 0. The normalized spacial score (nSPS) is 12.1. The number of hydrogen-bond donors (Lipinski definition) is 0. The molecule has 0 aromatic carbocycles. The van der Waals surface area contributed by atoms with E-state index < -0.39 is 6.17 Å². The maximum Gasteiger partial charge on any atom is 0.333 e. The summed E-state index contributed by atoms with van der Waals surface area (Å²) in [5, 5.41) is 0. The van der Waals surface area contributed by atoms with Crippen molar-refractivity contribution in [1.29, 1.82) is 0 Å². The first-order chi connectivity index (χ1) is 16.6. The van der Waals surface area contributed by atoms with Crippen molar-refractivity contribution in [2.45, 2.75) is 174 Å². The fourth-order valence-corrected chi connectivity index (χ4v) is 4.52. The van der Waals surface area contributed by atoms with Gasteiger partial charge in [-0.15, -0.1) is 0 Å². The first-order valence-electron chi connectivity index (χ1n) is 15.0. The Kier molecular flexibility index (Phi) is 26.1. The van der Waals surface area contributed by atoms with Crippen LogP contribution in [0.3, 0.4) is 0 Å². The van der Waals surface area contributed by atoms with Crippen LogP contribution in [0.1, 0.15) is 168 Å². The van der Waals surface area contributed by atoms with Crippen LogP contribution in [-0.4, -0.2) is 18.7 Å². The van der Waals surface area contributed by atoms with Gasteiger partial charge in [0.15, 0.2) is 0 Å². The predicted octanol–water partition coefficient (Wildman–Crippen LogP) is 10.8. The molecule has 0 heterocycles. The number of carbonyl (C=O) groups excluding carboxylic acids is 1. The highest BCUT2D eigenvalue weighted by atomic mass is 19.1. The number of carbonyl (C=O) groups is 1. The summed E-state index contributed by atoms with van der Waals surface area (Å²) in [4.78, 5) is 11.3. The minimum Gasteiger partial charge on any atom is -0.462 e. The average Bonchev–Trinajstić information content (AvgIpc) is 2.82. The fourth-order valence-electron chi connectivity index (χ4n) is 4.52. The molecule has 202 valence electrons. The van der Waals surface area contributed by atoms with Gasteiger partial charge in [-0.3, -0.25) is 0 Å². The highest BCUT2D eigenvalue weighted by Crippen LogP contribution is 2.17. The summed E-state index contributed by atoms with van der Waals surface area (Å²) in [6, 6.07) is 0. The lowest BCUT2D eigenvalue weighted by Gasteiger charge is -2.08. The molecule has 34 heavy (non-hydrogen) atoms. The molecule has 0 aliphatic heterocycles. The zero-order chi connectivity index (χ0) is 25.1. The van der Waals surface area contributed by atoms with Crippen molar-refractivity contribution < 1.29 is 13.9 Å². The van der Waals surface area contributed by atoms with Crippen LogP contribution < -0.4 is 0 Å². The van der Waals surface area contributed by atoms with E-state index in [-0.39, 0.29) is 5.97 Å². The molecule has 0 rings (SSSR count). The van der Waals surface area contributed by atoms with E-state index in [4.69, 9.17) is 4.74 Å². The van der Waals surface area contributed by atoms with Crippen LogP contribution in [-0.2, 0) is 9.53 Å². The van der Waals surface area contributed by atoms with Gasteiger partial charge in [-0.05, 0) is 26.2 Å². The summed E-state index contributed by atoms with van der Waals surface area (Å²) in [6.45, 7) is 8.02. The van der Waals surface area contributed by atoms with Crippen molar-refractivity contribution in [2.24, 2.45) is 0 Å². The van der Waals surface area contributed by atoms with E-state index in [1.165, 1.54) is 109 Å². The first kappa shape index (κ1) is 33.1. The van der Waals surface area contributed by atoms with Gasteiger partial charge in [-0.1, -0.05) is 148 Å². The van der Waals surface area contributed by atoms with E-state index in [2.05, 4.69) is 13.5 Å². The van der Waals surface area contributed by atoms with Crippen LogP contribution in [0.4, 0.5) is 4.39 Å². The van der Waals surface area contributed by atoms with Gasteiger partial charge in [0.25, 0.3) is 0 Å². The Labute approximate surface area is 212 Å². The standard InChI is InChI=1S/C31H59FO2/c1-4-5-6-7-8-9-10-11-12-13-14-15-17-20-23-26-30(32)27-24-21-18-16-19-22-25-28-34-31(33)29(2)3/h30H,2,4-28H2,1,3H3. The number of esters is 1. The molecule has 0 aromatic heterocycles. The van der Waals surface area contributed by atoms with Gasteiger partial charge in [-0.25, -0.2) is 9.18 Å². The molecule has 0 aliphatic carbocycles. The van der Waals surface area contributed by atoms with Gasteiger partial charge < -0.3 is 4.74 Å². The molecule has 0 saturated carbocycles. The molecule has 0 amide bonds. The third kappa shape index (κ3) is 25.8. The second-order valence-electron chi connectivity index (χ2n) is 10.5. The monoisotopic (exact) mass is 482 g/mol. The van der Waals surface area contributed by atoms with Crippen molar-refractivity contribution in [2.75, 3.05) is 6.61 Å². The van der Waals surface area contributed by atoms with E-state index >= 15 is 0 Å². The Morgan fingerprint density at radius 3 is 1.29 bits per heavy atom. The first-order valence-corrected chi connectivity index (χ1v) is 15.0. The van der Waals surface area contributed by atoms with Crippen LogP contribution in [0.5, 0.6) is 0 Å². The van der Waals surface area contributed by atoms with Gasteiger partial charge in [0, 0.05) is 5.57 Å². The van der Waals surface area contributed by atoms with Crippen LogP contribution in [0.2, 0.25) is 0 Å². The van der Waals surface area contributed by atoms with Crippen LogP contribution >= 0.6 is 0 Å². The molecule has 3 heteroatoms. The van der Waals surface area contributed by atoms with Crippen LogP contribution in [0.25, 0.3) is 0 Å². The average molecular weight is 483 g/mol. The zero-order valence-electron chi connectivity index (χ0n) is 23.2. The van der Waals surface area contributed by atoms with Crippen molar-refractivity contribution in [3.63, 3.8) is 0 Å². The summed E-state index contributed by atoms with van der Waals surface area (Å²) in [6.07, 6.45) is 29.1. The van der Waals surface area contributed by atoms with E-state index in [1.807, 2.05) is 0 Å². The molecular formula is C31H59FO2. The Hall–Kier alpha value is -0.860. The zero-order valence-corrected chi connectivity index (χ0v) is 23.2. The number of rotatable bonds is 27. The maximum atomic E-state index is 14.1. The van der Waals surface area contributed by atoms with Gasteiger partial charge in [-0.2, -0.15) is 0 Å². The third-order valence-electron chi connectivity index (χ3n) is 6.86. The minimum atomic E-state index is -0.593. The summed E-state index contributed by atoms with van der Waals surface area (Å²) in [5.41, 5.74) is 0.464. The van der Waals surface area contributed by atoms with E-state index in [1.54, 1.807) is 6.92 Å². The number of halogens is 1. The molecule has 1 atom stereocenters. The van der Waals surface area contributed by atoms with E-state index in [0.29, 0.717) is 12.2 Å². The molecular weight excluding hydrogens is 423 g/mol. The second kappa shape index (κ2) is 26.7. The number of ether oxygens (including phenoxy) is 1. The van der Waals surface area contributed by atoms with Crippen LogP contribution in [0, 0.1) is 0 Å². The molecule has 0 radical (unpaired) electrons. The Bertz CT molecular complexity index is 449. The molecule has 2 nitrogen and oxygen atoms in total. The highest BCUT2D eigenvalue weighted by molar-refractivity contribution is 5.86. The van der Waals surface area contributed by atoms with Crippen LogP contribution in [0.15, 0.2) is 12.2 Å². The van der Waals surface area contributed by atoms with Crippen molar-refractivity contribution >= 4 is 5.97 Å². The van der Waals surface area contributed by atoms with E-state index in [0.717, 1.165) is 44.9 Å². The Morgan fingerprint density at radius 2 is 0.941 bits per heavy atom. The molecule has 0 bridgehead atoms. The van der Waals surface area contributed by atoms with Gasteiger partial charge in [0.05, 0.1) is 6.61 Å². The quantitative estimate of drug-likeness (QED) is 0.0661. The Morgan fingerprint density at radius 1 is 0.618 bits per heavy atom. The lowest BCUT2D eigenvalue weighted by molar-refractivity contribution is -0.139. The maximum absolute atomic E-state index is 14.1. The van der Waals surface area contributed by atoms with Gasteiger partial charge in [0.2, 0.25) is 0 Å². The third-order valence-corrected chi connectivity index (χ3v) is 6.86. The Balaban J connectivity index is 3.19. The predicted molar refractivity (Wildman–Crippen MR) is 147 cm³/mol. The molecule has 0 fully saturated rings. The number of alkyl halides is 1. The van der Waals surface area contributed by atoms with Crippen molar-refractivity contribution in [3.8, 4) is 0 Å². The number of unbranched alkanes of at least 4 members (excludes halogenated alkanes) is 20. The summed E-state index contributed by atoms with van der Waals surface area (Å²) < 4.78 is 19.1. The molecule has 0 N–H and O–H groups in total. The van der Waals surface area contributed by atoms with Crippen molar-refractivity contribution in [3.05, 3.63) is 12.2 Å². The highest BCUT2D eigenvalue weighted by Gasteiger charge is 2.06. The lowest BCUT2D eigenvalue weighted by atomic mass is 10.0. The molecule has 0 aliphatic rings. The number of hydrogen-bond acceptors (Lipinski definition) is 2. The summed E-state index contributed by atoms with van der Waals surface area (Å²) in [5.74, 6) is -0.287. The van der Waals surface area contributed by atoms with E-state index in [9.17, 15) is 9.18 Å². The lowest BCUT2D eigenvalue weighted by Crippen LogP contribution is -2.05. The molecule has 0 aromatic rings. The molecule has 1 unspecified atom stereocenters. The van der Waals surface area contributed by atoms with Gasteiger partial charge in [0.1, 0.15) is 6.17 Å². The SMILES string of the molecule is C=C(C)C(=O)OCCCCCCCCCC(F)CCCCCCCCCCCCCCCCC. The van der Waals surface area contributed by atoms with Gasteiger partial charge >= 0.3 is 5.97 Å². The summed E-state index contributed by atoms with van der Waals surface area (Å²) in [7, 11) is 0. The molecule has 0 spiro atoms. The second-order valence-corrected chi connectivity index (χ2v) is 10.5. The van der Waals surface area contributed by atoms with Crippen molar-refractivity contribution in [1.82, 2.24) is 0 Å².